The summed E-state index contributed by atoms with van der Waals surface area (Å²) in [5, 5.41) is 0. The van der Waals surface area contributed by atoms with Gasteiger partial charge in [0.25, 0.3) is 5.91 Å². The molecule has 0 spiro atoms. The molecule has 1 fully saturated rings. The van der Waals surface area contributed by atoms with Crippen LogP contribution in [0.5, 0.6) is 0 Å². The topological polar surface area (TPSA) is 76.8 Å². The van der Waals surface area contributed by atoms with E-state index in [2.05, 4.69) is 17.4 Å². The number of likely N-dealkylation sites (N-methyl/N-ethyl adjacent to an activating group) is 1. The van der Waals surface area contributed by atoms with Crippen molar-refractivity contribution in [2.24, 2.45) is 5.84 Å². The van der Waals surface area contributed by atoms with Crippen LogP contribution in [0, 0.1) is 0 Å². The lowest BCUT2D eigenvalue weighted by molar-refractivity contribution is -0.132. The molecule has 0 saturated carbocycles. The normalized spacial score (nSPS) is 24.2. The Balaban J connectivity index is 2.18. The highest BCUT2D eigenvalue weighted by atomic mass is 16.5. The van der Waals surface area contributed by atoms with Crippen molar-refractivity contribution < 1.29 is 14.3 Å². The number of nitrogens with two attached hydrogens (primary N) is 1. The van der Waals surface area contributed by atoms with Crippen LogP contribution in [0.3, 0.4) is 0 Å². The van der Waals surface area contributed by atoms with Crippen LogP contribution in [-0.4, -0.2) is 56.9 Å². The molecule has 6 heteroatoms. The molecule has 2 unspecified atom stereocenters. The first-order chi connectivity index (χ1) is 8.17. The van der Waals surface area contributed by atoms with E-state index in [0.29, 0.717) is 0 Å². The van der Waals surface area contributed by atoms with E-state index < -0.39 is 0 Å². The number of nitrogens with zero attached hydrogens (tertiary/aromatic N) is 1. The van der Waals surface area contributed by atoms with Gasteiger partial charge in [-0.2, -0.15) is 0 Å². The minimum Gasteiger partial charge on any atom is -0.385 e. The predicted molar refractivity (Wildman–Crippen MR) is 64.2 cm³/mol. The van der Waals surface area contributed by atoms with Gasteiger partial charge >= 0.3 is 0 Å². The first-order valence-electron chi connectivity index (χ1n) is 6.00. The Labute approximate surface area is 102 Å². The van der Waals surface area contributed by atoms with Gasteiger partial charge in [-0.1, -0.05) is 0 Å². The van der Waals surface area contributed by atoms with Crippen molar-refractivity contribution in [2.45, 2.75) is 31.5 Å². The maximum Gasteiger partial charge on any atom is 0.263 e. The minimum atomic E-state index is -0.377. The molecule has 100 valence electrons. The summed E-state index contributed by atoms with van der Waals surface area (Å²) in [6.45, 7) is 2.59. The molecule has 1 rings (SSSR count). The van der Waals surface area contributed by atoms with Crippen LogP contribution < -0.4 is 11.3 Å². The number of methoxy groups -OCH3 is 1. The molecular weight excluding hydrogens is 222 g/mol. The van der Waals surface area contributed by atoms with Crippen molar-refractivity contribution in [1.82, 2.24) is 10.3 Å². The Morgan fingerprint density at radius 1 is 1.59 bits per heavy atom. The maximum absolute atomic E-state index is 11.3. The molecule has 0 radical (unpaired) electrons. The fourth-order valence-electron chi connectivity index (χ4n) is 2.04. The van der Waals surface area contributed by atoms with Gasteiger partial charge in [0, 0.05) is 26.8 Å². The molecule has 2 atom stereocenters. The summed E-state index contributed by atoms with van der Waals surface area (Å²) >= 11 is 0. The molecule has 6 nitrogen and oxygen atoms in total. The smallest absolute Gasteiger partial charge is 0.263 e. The second kappa shape index (κ2) is 7.60. The molecule has 1 aliphatic rings. The molecule has 1 heterocycles. The number of rotatable bonds is 7. The van der Waals surface area contributed by atoms with E-state index in [-0.39, 0.29) is 18.1 Å². The third-order valence-corrected chi connectivity index (χ3v) is 2.95. The van der Waals surface area contributed by atoms with Crippen molar-refractivity contribution in [3.8, 4) is 0 Å². The zero-order valence-corrected chi connectivity index (χ0v) is 10.6. The minimum absolute atomic E-state index is 0.129. The average molecular weight is 245 g/mol. The first kappa shape index (κ1) is 14.4. The van der Waals surface area contributed by atoms with Gasteiger partial charge in [0.15, 0.2) is 0 Å². The number of carbonyl (C=O) groups excluding carboxylic acids is 1. The standard InChI is InChI=1S/C11H23N3O3/c1-14(6-3-7-16-2)8-9-4-5-10(17-9)11(15)13-12/h9-10H,3-8,12H2,1-2H3,(H,13,15). The number of ether oxygens (including phenoxy) is 2. The summed E-state index contributed by atoms with van der Waals surface area (Å²) in [5.74, 6) is 4.85. The molecule has 1 aliphatic heterocycles. The van der Waals surface area contributed by atoms with Crippen molar-refractivity contribution in [2.75, 3.05) is 33.9 Å². The van der Waals surface area contributed by atoms with Crippen molar-refractivity contribution in [3.63, 3.8) is 0 Å². The van der Waals surface area contributed by atoms with Crippen molar-refractivity contribution >= 4 is 5.91 Å². The van der Waals surface area contributed by atoms with Gasteiger partial charge < -0.3 is 14.4 Å². The van der Waals surface area contributed by atoms with Gasteiger partial charge in [0.05, 0.1) is 6.10 Å². The molecule has 0 bridgehead atoms. The third kappa shape index (κ3) is 4.99. The van der Waals surface area contributed by atoms with Gasteiger partial charge in [-0.15, -0.1) is 0 Å². The predicted octanol–water partition coefficient (Wildman–Crippen LogP) is -0.508. The lowest BCUT2D eigenvalue weighted by atomic mass is 10.2. The zero-order chi connectivity index (χ0) is 12.7. The molecule has 0 aromatic rings. The highest BCUT2D eigenvalue weighted by Gasteiger charge is 2.30. The van der Waals surface area contributed by atoms with Crippen molar-refractivity contribution in [1.29, 1.82) is 0 Å². The zero-order valence-electron chi connectivity index (χ0n) is 10.6. The van der Waals surface area contributed by atoms with E-state index in [1.54, 1.807) is 7.11 Å². The van der Waals surface area contributed by atoms with Gasteiger partial charge in [0.1, 0.15) is 6.10 Å². The third-order valence-electron chi connectivity index (χ3n) is 2.95. The number of carbonyl (C=O) groups is 1. The second-order valence-corrected chi connectivity index (χ2v) is 4.44. The van der Waals surface area contributed by atoms with E-state index in [4.69, 9.17) is 15.3 Å². The lowest BCUT2D eigenvalue weighted by Crippen LogP contribution is -2.40. The van der Waals surface area contributed by atoms with E-state index in [0.717, 1.165) is 39.0 Å². The number of hydrogen-bond donors (Lipinski definition) is 2. The average Bonchev–Trinajstić information content (AvgIpc) is 2.77. The summed E-state index contributed by atoms with van der Waals surface area (Å²) in [7, 11) is 3.76. The highest BCUT2D eigenvalue weighted by molar-refractivity contribution is 5.80. The SMILES string of the molecule is COCCCN(C)CC1CCC(C(=O)NN)O1. The second-order valence-electron chi connectivity index (χ2n) is 4.44. The fourth-order valence-corrected chi connectivity index (χ4v) is 2.04. The van der Waals surface area contributed by atoms with E-state index in [1.807, 2.05) is 0 Å². The Morgan fingerprint density at radius 2 is 2.35 bits per heavy atom. The van der Waals surface area contributed by atoms with Gasteiger partial charge in [-0.05, 0) is 26.3 Å². The number of nitrogens with one attached hydrogen (secondary N) is 1. The first-order valence-corrected chi connectivity index (χ1v) is 6.00. The Bertz CT molecular complexity index is 238. The van der Waals surface area contributed by atoms with Crippen LogP contribution in [0.4, 0.5) is 0 Å². The highest BCUT2D eigenvalue weighted by Crippen LogP contribution is 2.20. The van der Waals surface area contributed by atoms with Crippen LogP contribution >= 0.6 is 0 Å². The summed E-state index contributed by atoms with van der Waals surface area (Å²) < 4.78 is 10.6. The van der Waals surface area contributed by atoms with Crippen LogP contribution in [0.2, 0.25) is 0 Å². The molecule has 0 aliphatic carbocycles. The molecule has 1 amide bonds. The van der Waals surface area contributed by atoms with Gasteiger partial charge in [-0.25, -0.2) is 5.84 Å². The molecule has 3 N–H and O–H groups in total. The molecular formula is C11H23N3O3. The molecule has 0 aromatic carbocycles. The fraction of sp³-hybridized carbons (Fsp3) is 0.909. The van der Waals surface area contributed by atoms with Crippen molar-refractivity contribution in [3.05, 3.63) is 0 Å². The summed E-state index contributed by atoms with van der Waals surface area (Å²) in [6, 6.07) is 0. The Kier molecular flexibility index (Phi) is 6.43. The van der Waals surface area contributed by atoms with E-state index in [9.17, 15) is 4.79 Å². The summed E-state index contributed by atoms with van der Waals surface area (Å²) in [4.78, 5) is 13.5. The molecule has 0 aromatic heterocycles. The number of hydrazine groups is 1. The largest absolute Gasteiger partial charge is 0.385 e. The summed E-state index contributed by atoms with van der Waals surface area (Å²) in [6.07, 6.45) is 2.42. The lowest BCUT2D eigenvalue weighted by Gasteiger charge is -2.20. The van der Waals surface area contributed by atoms with E-state index >= 15 is 0 Å². The molecule has 1 saturated heterocycles. The quantitative estimate of drug-likeness (QED) is 0.273. The van der Waals surface area contributed by atoms with Crippen LogP contribution in [0.15, 0.2) is 0 Å². The van der Waals surface area contributed by atoms with Crippen LogP contribution in [0.1, 0.15) is 19.3 Å². The Morgan fingerprint density at radius 3 is 3.00 bits per heavy atom. The van der Waals surface area contributed by atoms with E-state index in [1.165, 1.54) is 0 Å². The monoisotopic (exact) mass is 245 g/mol. The molecule has 17 heavy (non-hydrogen) atoms. The summed E-state index contributed by atoms with van der Waals surface area (Å²) in [5.41, 5.74) is 2.13. The van der Waals surface area contributed by atoms with Gasteiger partial charge in [-0.3, -0.25) is 10.2 Å². The van der Waals surface area contributed by atoms with Gasteiger partial charge in [0.2, 0.25) is 0 Å². The number of hydrogen-bond acceptors (Lipinski definition) is 5. The number of amides is 1. The Hall–Kier alpha value is -0.690. The van der Waals surface area contributed by atoms with Crippen LogP contribution in [0.25, 0.3) is 0 Å². The van der Waals surface area contributed by atoms with Crippen LogP contribution in [-0.2, 0) is 14.3 Å². The maximum atomic E-state index is 11.3.